The molecule has 2 atom stereocenters. The predicted molar refractivity (Wildman–Crippen MR) is 120 cm³/mol. The van der Waals surface area contributed by atoms with E-state index in [4.69, 9.17) is 4.74 Å². The van der Waals surface area contributed by atoms with E-state index in [-0.39, 0.29) is 18.0 Å². The first-order valence-electron chi connectivity index (χ1n) is 9.92. The van der Waals surface area contributed by atoms with Gasteiger partial charge in [0.05, 0.1) is 6.54 Å². The van der Waals surface area contributed by atoms with Gasteiger partial charge in [-0.25, -0.2) is 4.79 Å². The van der Waals surface area contributed by atoms with Crippen molar-refractivity contribution in [3.8, 4) is 0 Å². The predicted octanol–water partition coefficient (Wildman–Crippen LogP) is 3.31. The normalized spacial score (nSPS) is 20.8. The van der Waals surface area contributed by atoms with E-state index in [1.807, 2.05) is 24.3 Å². The first-order chi connectivity index (χ1) is 14.4. The number of nitrogens with one attached hydrogen (secondary N) is 2. The van der Waals surface area contributed by atoms with Crippen LogP contribution in [0.1, 0.15) is 11.1 Å². The van der Waals surface area contributed by atoms with Crippen LogP contribution < -0.4 is 10.6 Å². The molecule has 8 heteroatoms. The third-order valence-electron chi connectivity index (χ3n) is 5.67. The Morgan fingerprint density at radius 3 is 2.53 bits per heavy atom. The molecule has 0 saturated carbocycles. The maximum Gasteiger partial charge on any atom is 0.322 e. The van der Waals surface area contributed by atoms with Crippen LogP contribution in [0.5, 0.6) is 0 Å². The fourth-order valence-electron chi connectivity index (χ4n) is 3.91. The third-order valence-corrected chi connectivity index (χ3v) is 6.20. The highest BCUT2D eigenvalue weighted by Crippen LogP contribution is 2.26. The molecule has 0 bridgehead atoms. The van der Waals surface area contributed by atoms with Crippen LogP contribution in [0.4, 0.5) is 16.2 Å². The van der Waals surface area contributed by atoms with Crippen molar-refractivity contribution in [2.24, 2.45) is 0 Å². The van der Waals surface area contributed by atoms with Gasteiger partial charge in [-0.2, -0.15) is 0 Å². The molecule has 2 heterocycles. The number of rotatable bonds is 4. The number of benzene rings is 2. The van der Waals surface area contributed by atoms with Gasteiger partial charge in [0.25, 0.3) is 0 Å². The van der Waals surface area contributed by atoms with E-state index in [0.717, 1.165) is 29.7 Å². The van der Waals surface area contributed by atoms with Crippen LogP contribution in [0, 0.1) is 0 Å². The zero-order chi connectivity index (χ0) is 21.3. The lowest BCUT2D eigenvalue weighted by atomic mass is 9.97. The Hall–Kier alpha value is -2.42. The number of amides is 3. The van der Waals surface area contributed by atoms with Gasteiger partial charge in [-0.15, -0.1) is 0 Å². The van der Waals surface area contributed by atoms with Gasteiger partial charge in [0.2, 0.25) is 5.91 Å². The standard InChI is InChI=1S/C22H25BrN4O3/c1-26-10-9-14-11-18(6-3-15(14)12-26)24-21(28)20-19(30-2)13-27(20)22(29)25-17-7-4-16(23)5-8-17/h3-8,11,19-20H,9-10,12-13H2,1-2H3,(H,24,28)(H,25,29)/t19-,20+/m0/s1. The van der Waals surface area contributed by atoms with Crippen LogP contribution in [-0.4, -0.2) is 61.1 Å². The van der Waals surface area contributed by atoms with E-state index in [0.29, 0.717) is 12.2 Å². The Labute approximate surface area is 184 Å². The molecule has 0 radical (unpaired) electrons. The molecule has 1 fully saturated rings. The second kappa shape index (κ2) is 8.75. The van der Waals surface area contributed by atoms with Gasteiger partial charge in [-0.1, -0.05) is 22.0 Å². The summed E-state index contributed by atoms with van der Waals surface area (Å²) in [5.41, 5.74) is 3.96. The summed E-state index contributed by atoms with van der Waals surface area (Å²) in [4.78, 5) is 29.4. The van der Waals surface area contributed by atoms with E-state index in [1.165, 1.54) is 16.0 Å². The minimum Gasteiger partial charge on any atom is -0.377 e. The molecule has 158 valence electrons. The fourth-order valence-corrected chi connectivity index (χ4v) is 4.17. The Kier molecular flexibility index (Phi) is 6.08. The maximum atomic E-state index is 13.0. The number of anilines is 2. The molecule has 2 aromatic carbocycles. The number of likely N-dealkylation sites (tertiary alicyclic amines) is 1. The summed E-state index contributed by atoms with van der Waals surface area (Å²) in [6.07, 6.45) is 0.633. The molecule has 0 aliphatic carbocycles. The lowest BCUT2D eigenvalue weighted by Crippen LogP contribution is -2.68. The highest BCUT2D eigenvalue weighted by Gasteiger charge is 2.47. The van der Waals surface area contributed by atoms with Crippen LogP contribution in [0.25, 0.3) is 0 Å². The van der Waals surface area contributed by atoms with E-state index in [2.05, 4.69) is 44.6 Å². The molecule has 2 N–H and O–H groups in total. The lowest BCUT2D eigenvalue weighted by Gasteiger charge is -2.45. The number of fused-ring (bicyclic) bond motifs is 1. The van der Waals surface area contributed by atoms with Gasteiger partial charge in [0.15, 0.2) is 0 Å². The Morgan fingerprint density at radius 2 is 1.80 bits per heavy atom. The number of halogens is 1. The number of nitrogens with zero attached hydrogens (tertiary/aromatic N) is 2. The molecule has 3 amide bonds. The molecule has 2 aliphatic rings. The second-order valence-corrected chi connectivity index (χ2v) is 8.68. The maximum absolute atomic E-state index is 13.0. The van der Waals surface area contributed by atoms with Crippen LogP contribution >= 0.6 is 15.9 Å². The van der Waals surface area contributed by atoms with Crippen molar-refractivity contribution in [1.82, 2.24) is 9.80 Å². The number of urea groups is 1. The van der Waals surface area contributed by atoms with Crippen molar-refractivity contribution >= 4 is 39.2 Å². The highest BCUT2D eigenvalue weighted by atomic mass is 79.9. The zero-order valence-corrected chi connectivity index (χ0v) is 18.6. The van der Waals surface area contributed by atoms with E-state index in [1.54, 1.807) is 19.2 Å². The van der Waals surface area contributed by atoms with Gasteiger partial charge in [0, 0.05) is 36.0 Å². The number of methoxy groups -OCH3 is 1. The smallest absolute Gasteiger partial charge is 0.322 e. The molecule has 0 spiro atoms. The van der Waals surface area contributed by atoms with Crippen molar-refractivity contribution in [2.45, 2.75) is 25.1 Å². The first kappa shape index (κ1) is 20.8. The minimum atomic E-state index is -0.674. The monoisotopic (exact) mass is 472 g/mol. The van der Waals surface area contributed by atoms with Crippen LogP contribution in [0.15, 0.2) is 46.9 Å². The van der Waals surface area contributed by atoms with Gasteiger partial charge < -0.3 is 25.2 Å². The summed E-state index contributed by atoms with van der Waals surface area (Å²) in [7, 11) is 3.67. The number of carbonyl (C=O) groups is 2. The topological polar surface area (TPSA) is 73.9 Å². The number of likely N-dealkylation sites (N-methyl/N-ethyl adjacent to an activating group) is 1. The number of carbonyl (C=O) groups excluding carboxylic acids is 2. The summed E-state index contributed by atoms with van der Waals surface area (Å²) < 4.78 is 6.34. The Bertz CT molecular complexity index is 950. The first-order valence-corrected chi connectivity index (χ1v) is 10.7. The van der Waals surface area contributed by atoms with Gasteiger partial charge in [-0.05, 0) is 61.0 Å². The van der Waals surface area contributed by atoms with E-state index in [9.17, 15) is 9.59 Å². The summed E-state index contributed by atoms with van der Waals surface area (Å²) in [5.74, 6) is -0.244. The molecule has 2 aliphatic heterocycles. The molecular weight excluding hydrogens is 448 g/mol. The molecule has 30 heavy (non-hydrogen) atoms. The average molecular weight is 473 g/mol. The van der Waals surface area contributed by atoms with E-state index >= 15 is 0 Å². The Morgan fingerprint density at radius 1 is 1.07 bits per heavy atom. The molecule has 0 aromatic heterocycles. The van der Waals surface area contributed by atoms with Crippen molar-refractivity contribution in [3.05, 3.63) is 58.1 Å². The quantitative estimate of drug-likeness (QED) is 0.715. The SMILES string of the molecule is CO[C@H]1CN(C(=O)Nc2ccc(Br)cc2)[C@H]1C(=O)Nc1ccc2c(c1)CCN(C)C2. The summed E-state index contributed by atoms with van der Waals surface area (Å²) in [6, 6.07) is 12.3. The fraction of sp³-hybridized carbons (Fsp3) is 0.364. The molecule has 7 nitrogen and oxygen atoms in total. The van der Waals surface area contributed by atoms with E-state index < -0.39 is 6.04 Å². The largest absolute Gasteiger partial charge is 0.377 e. The molecular formula is C22H25BrN4O3. The van der Waals surface area contributed by atoms with Gasteiger partial charge >= 0.3 is 6.03 Å². The highest BCUT2D eigenvalue weighted by molar-refractivity contribution is 9.10. The number of ether oxygens (including phenoxy) is 1. The third kappa shape index (κ3) is 4.35. The van der Waals surface area contributed by atoms with Gasteiger partial charge in [-0.3, -0.25) is 4.79 Å². The van der Waals surface area contributed by atoms with Crippen LogP contribution in [0.2, 0.25) is 0 Å². The summed E-state index contributed by atoms with van der Waals surface area (Å²) in [6.45, 7) is 2.29. The Balaban J connectivity index is 1.43. The van der Waals surface area contributed by atoms with Crippen molar-refractivity contribution in [3.63, 3.8) is 0 Å². The second-order valence-electron chi connectivity index (χ2n) is 7.77. The summed E-state index contributed by atoms with van der Waals surface area (Å²) in [5, 5.41) is 5.80. The lowest BCUT2D eigenvalue weighted by molar-refractivity contribution is -0.135. The van der Waals surface area contributed by atoms with Crippen molar-refractivity contribution in [2.75, 3.05) is 37.9 Å². The van der Waals surface area contributed by atoms with Crippen LogP contribution in [0.3, 0.4) is 0 Å². The molecule has 1 saturated heterocycles. The van der Waals surface area contributed by atoms with Crippen molar-refractivity contribution in [1.29, 1.82) is 0 Å². The molecule has 4 rings (SSSR count). The minimum absolute atomic E-state index is 0.244. The molecule has 2 aromatic rings. The zero-order valence-electron chi connectivity index (χ0n) is 17.0. The average Bonchev–Trinajstić information content (AvgIpc) is 2.69. The summed E-state index contributed by atoms with van der Waals surface area (Å²) >= 11 is 3.37. The molecule has 0 unspecified atom stereocenters. The number of hydrogen-bond acceptors (Lipinski definition) is 4. The van der Waals surface area contributed by atoms with Crippen molar-refractivity contribution < 1.29 is 14.3 Å². The van der Waals surface area contributed by atoms with Crippen LogP contribution in [-0.2, 0) is 22.5 Å². The number of hydrogen-bond donors (Lipinski definition) is 2. The van der Waals surface area contributed by atoms with Gasteiger partial charge in [0.1, 0.15) is 12.1 Å².